The van der Waals surface area contributed by atoms with Gasteiger partial charge in [-0.2, -0.15) is 0 Å². The molecule has 114 valence electrons. The number of carbonyl (C=O) groups is 2. The van der Waals surface area contributed by atoms with Crippen LogP contribution in [-0.2, 0) is 14.3 Å². The Hall–Kier alpha value is -2.50. The quantitative estimate of drug-likeness (QED) is 0.591. The standard InChI is InChI=1S/C15H18O6/c1-10(16)20-7-5-6-12-8-13(18-3)15(21-11(2)17)14(9-12)19-4/h5-6,8-9H,7H2,1-4H3/b6-5-. The first-order valence-electron chi connectivity index (χ1n) is 6.22. The predicted molar refractivity (Wildman–Crippen MR) is 76.5 cm³/mol. The van der Waals surface area contributed by atoms with Gasteiger partial charge in [-0.1, -0.05) is 6.08 Å². The van der Waals surface area contributed by atoms with Crippen LogP contribution in [0.2, 0.25) is 0 Å². The molecule has 0 aromatic heterocycles. The maximum atomic E-state index is 11.1. The van der Waals surface area contributed by atoms with Crippen LogP contribution in [-0.4, -0.2) is 32.8 Å². The Morgan fingerprint density at radius 1 is 1.05 bits per heavy atom. The van der Waals surface area contributed by atoms with Crippen molar-refractivity contribution in [1.29, 1.82) is 0 Å². The van der Waals surface area contributed by atoms with E-state index in [9.17, 15) is 9.59 Å². The fourth-order valence-corrected chi connectivity index (χ4v) is 1.59. The molecule has 1 aromatic carbocycles. The number of methoxy groups -OCH3 is 2. The Morgan fingerprint density at radius 3 is 2.05 bits per heavy atom. The SMILES string of the molecule is COc1cc(/C=C\COC(C)=O)cc(OC)c1OC(C)=O. The number of benzene rings is 1. The second kappa shape index (κ2) is 7.94. The molecule has 0 saturated heterocycles. The zero-order chi connectivity index (χ0) is 15.8. The summed E-state index contributed by atoms with van der Waals surface area (Å²) in [4.78, 5) is 21.8. The third-order valence-electron chi connectivity index (χ3n) is 2.42. The Bertz CT molecular complexity index is 522. The van der Waals surface area contributed by atoms with Gasteiger partial charge in [-0.3, -0.25) is 9.59 Å². The molecule has 0 saturated carbocycles. The highest BCUT2D eigenvalue weighted by Gasteiger charge is 2.15. The van der Waals surface area contributed by atoms with Crippen LogP contribution in [0.15, 0.2) is 18.2 Å². The summed E-state index contributed by atoms with van der Waals surface area (Å²) in [6, 6.07) is 3.37. The maximum Gasteiger partial charge on any atom is 0.308 e. The second-order valence-corrected chi connectivity index (χ2v) is 4.05. The van der Waals surface area contributed by atoms with Crippen molar-refractivity contribution in [2.75, 3.05) is 20.8 Å². The summed E-state index contributed by atoms with van der Waals surface area (Å²) in [5, 5.41) is 0. The van der Waals surface area contributed by atoms with Gasteiger partial charge in [0.15, 0.2) is 11.5 Å². The summed E-state index contributed by atoms with van der Waals surface area (Å²) in [5.74, 6) is 0.155. The van der Waals surface area contributed by atoms with Crippen LogP contribution in [0.4, 0.5) is 0 Å². The minimum absolute atomic E-state index is 0.172. The fourth-order valence-electron chi connectivity index (χ4n) is 1.59. The van der Waals surface area contributed by atoms with E-state index in [0.29, 0.717) is 11.5 Å². The van der Waals surface area contributed by atoms with Crippen LogP contribution in [0.3, 0.4) is 0 Å². The molecular weight excluding hydrogens is 276 g/mol. The molecule has 0 aliphatic heterocycles. The topological polar surface area (TPSA) is 71.1 Å². The first-order valence-corrected chi connectivity index (χ1v) is 6.22. The van der Waals surface area contributed by atoms with Crippen LogP contribution >= 0.6 is 0 Å². The number of carbonyl (C=O) groups excluding carboxylic acids is 2. The molecule has 0 aliphatic carbocycles. The van der Waals surface area contributed by atoms with Crippen molar-refractivity contribution in [2.24, 2.45) is 0 Å². The van der Waals surface area contributed by atoms with Crippen LogP contribution in [0.5, 0.6) is 17.2 Å². The minimum atomic E-state index is -0.468. The fraction of sp³-hybridized carbons (Fsp3) is 0.333. The zero-order valence-corrected chi connectivity index (χ0v) is 12.5. The van der Waals surface area contributed by atoms with E-state index in [-0.39, 0.29) is 18.3 Å². The first kappa shape index (κ1) is 16.6. The number of hydrogen-bond donors (Lipinski definition) is 0. The molecule has 6 heteroatoms. The Balaban J connectivity index is 3.02. The van der Waals surface area contributed by atoms with Gasteiger partial charge in [-0.15, -0.1) is 0 Å². The van der Waals surface area contributed by atoms with E-state index in [1.54, 1.807) is 24.3 Å². The van der Waals surface area contributed by atoms with Crippen LogP contribution < -0.4 is 14.2 Å². The van der Waals surface area contributed by atoms with Crippen molar-refractivity contribution in [2.45, 2.75) is 13.8 Å². The van der Waals surface area contributed by atoms with Gasteiger partial charge in [0.1, 0.15) is 6.61 Å². The first-order chi connectivity index (χ1) is 9.97. The lowest BCUT2D eigenvalue weighted by Crippen LogP contribution is -2.05. The molecule has 0 atom stereocenters. The Labute approximate surface area is 123 Å². The predicted octanol–water partition coefficient (Wildman–Crippen LogP) is 2.21. The van der Waals surface area contributed by atoms with Crippen LogP contribution in [0.1, 0.15) is 19.4 Å². The summed E-state index contributed by atoms with van der Waals surface area (Å²) in [6.45, 7) is 2.81. The average molecular weight is 294 g/mol. The lowest BCUT2D eigenvalue weighted by Gasteiger charge is -2.13. The number of ether oxygens (including phenoxy) is 4. The smallest absolute Gasteiger partial charge is 0.308 e. The Kier molecular flexibility index (Phi) is 6.26. The molecule has 1 aromatic rings. The monoisotopic (exact) mass is 294 g/mol. The lowest BCUT2D eigenvalue weighted by molar-refractivity contribution is -0.139. The van der Waals surface area contributed by atoms with Crippen LogP contribution in [0.25, 0.3) is 6.08 Å². The van der Waals surface area contributed by atoms with E-state index in [0.717, 1.165) is 5.56 Å². The van der Waals surface area contributed by atoms with Crippen molar-refractivity contribution in [3.63, 3.8) is 0 Å². The number of rotatable bonds is 6. The molecule has 0 unspecified atom stereocenters. The van der Waals surface area contributed by atoms with Gasteiger partial charge in [0.25, 0.3) is 0 Å². The molecule has 0 spiro atoms. The molecule has 0 N–H and O–H groups in total. The number of hydrogen-bond acceptors (Lipinski definition) is 6. The average Bonchev–Trinajstić information content (AvgIpc) is 2.43. The van der Waals surface area contributed by atoms with Crippen molar-refractivity contribution in [1.82, 2.24) is 0 Å². The van der Waals surface area contributed by atoms with Gasteiger partial charge in [-0.25, -0.2) is 0 Å². The zero-order valence-electron chi connectivity index (χ0n) is 12.5. The van der Waals surface area contributed by atoms with Gasteiger partial charge in [0.05, 0.1) is 14.2 Å². The molecule has 0 aliphatic rings. The molecule has 0 radical (unpaired) electrons. The number of esters is 2. The maximum absolute atomic E-state index is 11.1. The van der Waals surface area contributed by atoms with Crippen molar-refractivity contribution in [3.05, 3.63) is 23.8 Å². The summed E-state index contributed by atoms with van der Waals surface area (Å²) in [5.41, 5.74) is 0.756. The van der Waals surface area contributed by atoms with E-state index in [2.05, 4.69) is 0 Å². The molecule has 6 nitrogen and oxygen atoms in total. The van der Waals surface area contributed by atoms with Crippen molar-refractivity contribution in [3.8, 4) is 17.2 Å². The summed E-state index contributed by atoms with van der Waals surface area (Å²) < 4.78 is 20.3. The minimum Gasteiger partial charge on any atom is -0.493 e. The molecule has 0 bridgehead atoms. The van der Waals surface area contributed by atoms with Crippen molar-refractivity contribution < 1.29 is 28.5 Å². The third kappa shape index (κ3) is 5.18. The van der Waals surface area contributed by atoms with Gasteiger partial charge in [0, 0.05) is 13.8 Å². The molecule has 1 rings (SSSR count). The lowest BCUT2D eigenvalue weighted by atomic mass is 10.1. The van der Waals surface area contributed by atoms with Crippen LogP contribution in [0, 0.1) is 0 Å². The van der Waals surface area contributed by atoms with E-state index in [1.165, 1.54) is 28.1 Å². The summed E-state index contributed by atoms with van der Waals surface area (Å²) in [6.07, 6.45) is 3.42. The van der Waals surface area contributed by atoms with Gasteiger partial charge in [-0.05, 0) is 23.8 Å². The molecule has 21 heavy (non-hydrogen) atoms. The van der Waals surface area contributed by atoms with Crippen molar-refractivity contribution >= 4 is 18.0 Å². The highest BCUT2D eigenvalue weighted by molar-refractivity contribution is 5.73. The van der Waals surface area contributed by atoms with E-state index in [1.807, 2.05) is 0 Å². The van der Waals surface area contributed by atoms with E-state index < -0.39 is 5.97 Å². The largest absolute Gasteiger partial charge is 0.493 e. The normalized spacial score (nSPS) is 10.3. The van der Waals surface area contributed by atoms with E-state index >= 15 is 0 Å². The molecule has 0 fully saturated rings. The van der Waals surface area contributed by atoms with Gasteiger partial charge < -0.3 is 18.9 Å². The highest BCUT2D eigenvalue weighted by atomic mass is 16.6. The Morgan fingerprint density at radius 2 is 1.62 bits per heavy atom. The van der Waals surface area contributed by atoms with Gasteiger partial charge in [0.2, 0.25) is 5.75 Å². The summed E-state index contributed by atoms with van der Waals surface area (Å²) in [7, 11) is 2.93. The van der Waals surface area contributed by atoms with Gasteiger partial charge >= 0.3 is 11.9 Å². The molecule has 0 amide bonds. The summed E-state index contributed by atoms with van der Waals surface area (Å²) >= 11 is 0. The molecular formula is C15H18O6. The van der Waals surface area contributed by atoms with E-state index in [4.69, 9.17) is 18.9 Å². The third-order valence-corrected chi connectivity index (χ3v) is 2.42. The molecule has 0 heterocycles. The highest BCUT2D eigenvalue weighted by Crippen LogP contribution is 2.39. The second-order valence-electron chi connectivity index (χ2n) is 4.05.